The number of hydrogen-bond donors (Lipinski definition) is 1. The van der Waals surface area contributed by atoms with E-state index in [-0.39, 0.29) is 22.2 Å². The first kappa shape index (κ1) is 14.2. The molecule has 1 heterocycles. The van der Waals surface area contributed by atoms with Crippen LogP contribution in [0.3, 0.4) is 0 Å². The Bertz CT molecular complexity index is 623. The van der Waals surface area contributed by atoms with Crippen LogP contribution in [0.25, 0.3) is 0 Å². The highest BCUT2D eigenvalue weighted by molar-refractivity contribution is 6.33. The zero-order valence-electron chi connectivity index (χ0n) is 10.0. The Hall–Kier alpha value is -2.21. The van der Waals surface area contributed by atoms with Crippen molar-refractivity contribution < 1.29 is 18.3 Å². The summed E-state index contributed by atoms with van der Waals surface area (Å²) in [5.74, 6) is -0.426. The highest BCUT2D eigenvalue weighted by Crippen LogP contribution is 2.20. The van der Waals surface area contributed by atoms with E-state index in [1.165, 1.54) is 30.5 Å². The van der Waals surface area contributed by atoms with Gasteiger partial charge in [-0.1, -0.05) is 17.7 Å². The molecule has 0 fully saturated rings. The standard InChI is InChI=1S/C13H9ClF2N2O2/c14-10-5-2-6-17-11(10)18-12(19)8-3-1-4-9(7-8)20-13(15)16/h1-7,13H,(H,17,18,19). The van der Waals surface area contributed by atoms with E-state index in [1.807, 2.05) is 0 Å². The molecule has 0 unspecified atom stereocenters. The monoisotopic (exact) mass is 298 g/mol. The lowest BCUT2D eigenvalue weighted by atomic mass is 10.2. The van der Waals surface area contributed by atoms with Gasteiger partial charge in [0.05, 0.1) is 5.02 Å². The SMILES string of the molecule is O=C(Nc1ncccc1Cl)c1cccc(OC(F)F)c1. The highest BCUT2D eigenvalue weighted by Gasteiger charge is 2.11. The second-order valence-electron chi connectivity index (χ2n) is 3.69. The van der Waals surface area contributed by atoms with Crippen LogP contribution in [0.15, 0.2) is 42.6 Å². The number of halogens is 3. The Morgan fingerprint density at radius 2 is 2.10 bits per heavy atom. The molecule has 0 atom stereocenters. The minimum atomic E-state index is -2.95. The van der Waals surface area contributed by atoms with Crippen molar-refractivity contribution in [2.24, 2.45) is 0 Å². The second kappa shape index (κ2) is 6.29. The third kappa shape index (κ3) is 3.64. The first-order valence-electron chi connectivity index (χ1n) is 5.53. The summed E-state index contributed by atoms with van der Waals surface area (Å²) in [5.41, 5.74) is 0.157. The first-order valence-corrected chi connectivity index (χ1v) is 5.91. The molecular weight excluding hydrogens is 290 g/mol. The topological polar surface area (TPSA) is 51.2 Å². The Morgan fingerprint density at radius 1 is 1.30 bits per heavy atom. The van der Waals surface area contributed by atoms with E-state index in [0.717, 1.165) is 0 Å². The number of hydrogen-bond acceptors (Lipinski definition) is 3. The maximum atomic E-state index is 12.1. The summed E-state index contributed by atoms with van der Waals surface area (Å²) < 4.78 is 28.4. The van der Waals surface area contributed by atoms with E-state index < -0.39 is 12.5 Å². The zero-order valence-corrected chi connectivity index (χ0v) is 10.8. The van der Waals surface area contributed by atoms with E-state index in [2.05, 4.69) is 15.0 Å². The lowest BCUT2D eigenvalue weighted by Gasteiger charge is -2.08. The summed E-state index contributed by atoms with van der Waals surface area (Å²) in [6, 6.07) is 8.63. The predicted octanol–water partition coefficient (Wildman–Crippen LogP) is 3.59. The number of carbonyl (C=O) groups excluding carboxylic acids is 1. The molecular formula is C13H9ClF2N2O2. The molecule has 0 spiro atoms. The highest BCUT2D eigenvalue weighted by atomic mass is 35.5. The molecule has 4 nitrogen and oxygen atoms in total. The van der Waals surface area contributed by atoms with Crippen LogP contribution in [0.2, 0.25) is 5.02 Å². The summed E-state index contributed by atoms with van der Waals surface area (Å²) in [5, 5.41) is 2.76. The number of benzene rings is 1. The molecule has 0 radical (unpaired) electrons. The van der Waals surface area contributed by atoms with Crippen molar-refractivity contribution in [3.8, 4) is 5.75 Å². The maximum Gasteiger partial charge on any atom is 0.387 e. The van der Waals surface area contributed by atoms with Crippen LogP contribution in [-0.2, 0) is 0 Å². The summed E-state index contributed by atoms with van der Waals surface area (Å²) in [6.45, 7) is -2.95. The number of anilines is 1. The van der Waals surface area contributed by atoms with Crippen LogP contribution in [0.4, 0.5) is 14.6 Å². The van der Waals surface area contributed by atoms with Crippen molar-refractivity contribution in [1.82, 2.24) is 4.98 Å². The molecule has 0 aliphatic rings. The summed E-state index contributed by atoms with van der Waals surface area (Å²) in [4.78, 5) is 15.9. The van der Waals surface area contributed by atoms with Crippen LogP contribution >= 0.6 is 11.6 Å². The van der Waals surface area contributed by atoms with Gasteiger partial charge in [0.1, 0.15) is 5.75 Å². The molecule has 0 bridgehead atoms. The Kier molecular flexibility index (Phi) is 4.47. The van der Waals surface area contributed by atoms with Crippen molar-refractivity contribution in [2.45, 2.75) is 6.61 Å². The number of nitrogens with one attached hydrogen (secondary N) is 1. The smallest absolute Gasteiger partial charge is 0.387 e. The van der Waals surface area contributed by atoms with E-state index in [0.29, 0.717) is 0 Å². The van der Waals surface area contributed by atoms with Gasteiger partial charge in [0, 0.05) is 11.8 Å². The summed E-state index contributed by atoms with van der Waals surface area (Å²) in [7, 11) is 0. The molecule has 1 amide bonds. The quantitative estimate of drug-likeness (QED) is 0.938. The molecule has 2 rings (SSSR count). The molecule has 0 aliphatic carbocycles. The van der Waals surface area contributed by atoms with Crippen molar-refractivity contribution >= 4 is 23.3 Å². The number of aromatic nitrogens is 1. The van der Waals surface area contributed by atoms with Crippen LogP contribution in [0.5, 0.6) is 5.75 Å². The van der Waals surface area contributed by atoms with E-state index in [9.17, 15) is 13.6 Å². The molecule has 1 aromatic carbocycles. The zero-order chi connectivity index (χ0) is 14.5. The Labute approximate surface area is 118 Å². The van der Waals surface area contributed by atoms with Crippen molar-refractivity contribution in [3.05, 3.63) is 53.2 Å². The van der Waals surface area contributed by atoms with E-state index in [1.54, 1.807) is 12.1 Å². The lowest BCUT2D eigenvalue weighted by Crippen LogP contribution is -2.13. The fourth-order valence-corrected chi connectivity index (χ4v) is 1.64. The summed E-state index contributed by atoms with van der Waals surface area (Å²) >= 11 is 5.85. The average molecular weight is 299 g/mol. The van der Waals surface area contributed by atoms with Gasteiger partial charge in [-0.15, -0.1) is 0 Å². The molecule has 1 N–H and O–H groups in total. The number of alkyl halides is 2. The molecule has 104 valence electrons. The molecule has 1 aromatic heterocycles. The third-order valence-electron chi connectivity index (χ3n) is 2.31. The normalized spacial score (nSPS) is 10.4. The largest absolute Gasteiger partial charge is 0.435 e. The van der Waals surface area contributed by atoms with Gasteiger partial charge in [-0.05, 0) is 30.3 Å². The van der Waals surface area contributed by atoms with Gasteiger partial charge in [-0.25, -0.2) is 4.98 Å². The van der Waals surface area contributed by atoms with Gasteiger partial charge >= 0.3 is 6.61 Å². The fourth-order valence-electron chi connectivity index (χ4n) is 1.47. The molecule has 20 heavy (non-hydrogen) atoms. The first-order chi connectivity index (χ1) is 9.56. The fraction of sp³-hybridized carbons (Fsp3) is 0.0769. The van der Waals surface area contributed by atoms with Crippen LogP contribution in [0, 0.1) is 0 Å². The van der Waals surface area contributed by atoms with Crippen LogP contribution in [-0.4, -0.2) is 17.5 Å². The number of pyridine rings is 1. The van der Waals surface area contributed by atoms with Gasteiger partial charge in [-0.2, -0.15) is 8.78 Å². The van der Waals surface area contributed by atoms with Crippen LogP contribution in [0.1, 0.15) is 10.4 Å². The number of ether oxygens (including phenoxy) is 1. The summed E-state index contributed by atoms with van der Waals surface area (Å²) in [6.07, 6.45) is 1.47. The lowest BCUT2D eigenvalue weighted by molar-refractivity contribution is -0.0498. The molecule has 0 saturated heterocycles. The van der Waals surface area contributed by atoms with Gasteiger partial charge < -0.3 is 10.1 Å². The molecule has 2 aromatic rings. The number of amides is 1. The van der Waals surface area contributed by atoms with Crippen molar-refractivity contribution in [1.29, 1.82) is 0 Å². The van der Waals surface area contributed by atoms with Crippen molar-refractivity contribution in [2.75, 3.05) is 5.32 Å². The van der Waals surface area contributed by atoms with Crippen molar-refractivity contribution in [3.63, 3.8) is 0 Å². The Balaban J connectivity index is 2.15. The average Bonchev–Trinajstić information content (AvgIpc) is 2.41. The third-order valence-corrected chi connectivity index (χ3v) is 2.62. The maximum absolute atomic E-state index is 12.1. The predicted molar refractivity (Wildman–Crippen MR) is 70.3 cm³/mol. The number of carbonyl (C=O) groups is 1. The van der Waals surface area contributed by atoms with E-state index in [4.69, 9.17) is 11.6 Å². The van der Waals surface area contributed by atoms with Gasteiger partial charge in [0.25, 0.3) is 5.91 Å². The number of nitrogens with zero attached hydrogens (tertiary/aromatic N) is 1. The van der Waals surface area contributed by atoms with Gasteiger partial charge in [0.15, 0.2) is 5.82 Å². The van der Waals surface area contributed by atoms with Crippen LogP contribution < -0.4 is 10.1 Å². The van der Waals surface area contributed by atoms with Gasteiger partial charge in [-0.3, -0.25) is 4.79 Å². The van der Waals surface area contributed by atoms with E-state index >= 15 is 0 Å². The molecule has 7 heteroatoms. The second-order valence-corrected chi connectivity index (χ2v) is 4.10. The molecule has 0 saturated carbocycles. The molecule has 0 aliphatic heterocycles. The minimum Gasteiger partial charge on any atom is -0.435 e. The number of rotatable bonds is 4. The van der Waals surface area contributed by atoms with Gasteiger partial charge in [0.2, 0.25) is 0 Å². The Morgan fingerprint density at radius 3 is 2.80 bits per heavy atom. The minimum absolute atomic E-state index is 0.0974.